The van der Waals surface area contributed by atoms with Crippen LogP contribution in [0.5, 0.6) is 5.75 Å². The summed E-state index contributed by atoms with van der Waals surface area (Å²) in [7, 11) is 1.70. The number of anilines is 1. The molecule has 7 atom stereocenters. The van der Waals surface area contributed by atoms with Crippen LogP contribution in [0.3, 0.4) is 0 Å². The van der Waals surface area contributed by atoms with E-state index >= 15 is 0 Å². The molecule has 2 aliphatic carbocycles. The average Bonchev–Trinajstić information content (AvgIpc) is 3.44. The van der Waals surface area contributed by atoms with Crippen LogP contribution in [0.4, 0.5) is 5.69 Å². The minimum Gasteiger partial charge on any atom is -0.497 e. The van der Waals surface area contributed by atoms with Gasteiger partial charge in [-0.1, -0.05) is 6.92 Å². The van der Waals surface area contributed by atoms with Gasteiger partial charge >= 0.3 is 5.97 Å². The summed E-state index contributed by atoms with van der Waals surface area (Å²) in [5.41, 5.74) is 0.809. The highest BCUT2D eigenvalue weighted by molar-refractivity contribution is 5.77. The van der Waals surface area contributed by atoms with E-state index in [0.717, 1.165) is 57.7 Å². The molecule has 2 saturated carbocycles. The summed E-state index contributed by atoms with van der Waals surface area (Å²) in [6.45, 7) is 9.32. The average molecular weight is 441 g/mol. The molecule has 0 N–H and O–H groups in total. The number of hydrogen-bond donors (Lipinski definition) is 0. The first-order chi connectivity index (χ1) is 15.4. The molecule has 0 bridgehead atoms. The highest BCUT2D eigenvalue weighted by Gasteiger charge is 2.77. The number of carbonyl (C=O) groups excluding carboxylic acids is 1. The molecule has 3 saturated heterocycles. The Balaban J connectivity index is 1.14. The van der Waals surface area contributed by atoms with E-state index in [2.05, 4.69) is 35.8 Å². The molecule has 0 aromatic heterocycles. The number of ether oxygens (including phenoxy) is 3. The molecule has 6 rings (SSSR count). The van der Waals surface area contributed by atoms with Crippen molar-refractivity contribution in [2.24, 2.45) is 23.7 Å². The molecule has 1 aromatic carbocycles. The number of hydrogen-bond acceptors (Lipinski definition) is 6. The molecule has 5 aliphatic rings. The molecule has 3 heterocycles. The lowest BCUT2D eigenvalue weighted by atomic mass is 9.55. The van der Waals surface area contributed by atoms with Gasteiger partial charge in [0.25, 0.3) is 0 Å². The molecule has 6 nitrogen and oxygen atoms in total. The molecule has 3 aliphatic heterocycles. The van der Waals surface area contributed by atoms with Crippen molar-refractivity contribution in [2.45, 2.75) is 56.8 Å². The quantitative estimate of drug-likeness (QED) is 0.529. The Morgan fingerprint density at radius 2 is 1.81 bits per heavy atom. The van der Waals surface area contributed by atoms with Gasteiger partial charge in [0.2, 0.25) is 0 Å². The molecule has 0 radical (unpaired) electrons. The van der Waals surface area contributed by atoms with Gasteiger partial charge < -0.3 is 19.1 Å². The minimum atomic E-state index is -0.364. The number of methoxy groups -OCH3 is 1. The Morgan fingerprint density at radius 3 is 2.53 bits per heavy atom. The highest BCUT2D eigenvalue weighted by Crippen LogP contribution is 2.66. The predicted octanol–water partition coefficient (Wildman–Crippen LogP) is 3.34. The van der Waals surface area contributed by atoms with Gasteiger partial charge in [0.05, 0.1) is 18.6 Å². The lowest BCUT2D eigenvalue weighted by Gasteiger charge is -2.50. The SMILES string of the molecule is COc1ccc(N2CCN(C[C@@H]3C(=O)O[C@]45[C@H](CC[C@]6(C)O[C@H]46)[C@H](C)CC[C@H]35)CC2)cc1. The number of esters is 1. The van der Waals surface area contributed by atoms with Crippen LogP contribution in [0.2, 0.25) is 0 Å². The normalized spacial score (nSPS) is 43.2. The Hall–Kier alpha value is -1.79. The van der Waals surface area contributed by atoms with Crippen LogP contribution in [0.25, 0.3) is 0 Å². The van der Waals surface area contributed by atoms with Crippen molar-refractivity contribution in [2.75, 3.05) is 44.7 Å². The van der Waals surface area contributed by atoms with Crippen molar-refractivity contribution in [3.63, 3.8) is 0 Å². The second kappa shape index (κ2) is 7.36. The second-order valence-corrected chi connectivity index (χ2v) is 11.0. The monoisotopic (exact) mass is 440 g/mol. The third-order valence-corrected chi connectivity index (χ3v) is 9.36. The van der Waals surface area contributed by atoms with Crippen molar-refractivity contribution in [1.29, 1.82) is 0 Å². The standard InChI is InChI=1S/C26H36N2O4/c1-17-4-9-22-20(23(29)31-26(22)21(17)10-11-25(2)24(26)32-25)16-27-12-14-28(15-13-27)18-5-7-19(30-3)8-6-18/h5-8,17,20-22,24H,4,9-16H2,1-3H3/t17-,20+,21-,22-,24+,25+,26+/m1/s1. The number of epoxide rings is 1. The summed E-state index contributed by atoms with van der Waals surface area (Å²) in [6.07, 6.45) is 4.65. The molecule has 0 amide bonds. The zero-order valence-corrected chi connectivity index (χ0v) is 19.6. The van der Waals surface area contributed by atoms with Gasteiger partial charge in [-0.25, -0.2) is 0 Å². The zero-order valence-electron chi connectivity index (χ0n) is 19.6. The van der Waals surface area contributed by atoms with Crippen LogP contribution < -0.4 is 9.64 Å². The van der Waals surface area contributed by atoms with E-state index in [9.17, 15) is 4.79 Å². The van der Waals surface area contributed by atoms with Crippen molar-refractivity contribution in [3.8, 4) is 5.75 Å². The molecular weight excluding hydrogens is 404 g/mol. The molecule has 0 unspecified atom stereocenters. The first-order valence-corrected chi connectivity index (χ1v) is 12.5. The maximum atomic E-state index is 13.3. The van der Waals surface area contributed by atoms with Crippen LogP contribution in [-0.4, -0.2) is 68.0 Å². The molecular formula is C26H36N2O4. The number of nitrogens with zero attached hydrogens (tertiary/aromatic N) is 2. The van der Waals surface area contributed by atoms with Gasteiger partial charge in [0.1, 0.15) is 17.5 Å². The first-order valence-electron chi connectivity index (χ1n) is 12.5. The van der Waals surface area contributed by atoms with E-state index < -0.39 is 0 Å². The summed E-state index contributed by atoms with van der Waals surface area (Å²) in [5, 5.41) is 0. The van der Waals surface area contributed by atoms with Crippen LogP contribution in [0, 0.1) is 23.7 Å². The van der Waals surface area contributed by atoms with Gasteiger partial charge in [-0.05, 0) is 62.8 Å². The summed E-state index contributed by atoms with van der Waals surface area (Å²) < 4.78 is 17.9. The van der Waals surface area contributed by atoms with E-state index in [1.54, 1.807) is 7.11 Å². The highest BCUT2D eigenvalue weighted by atomic mass is 16.7. The number of carbonyl (C=O) groups is 1. The van der Waals surface area contributed by atoms with E-state index in [1.807, 2.05) is 12.1 Å². The summed E-state index contributed by atoms with van der Waals surface area (Å²) >= 11 is 0. The number of piperazine rings is 1. The van der Waals surface area contributed by atoms with Crippen molar-refractivity contribution in [1.82, 2.24) is 4.90 Å². The molecule has 1 aromatic rings. The summed E-state index contributed by atoms with van der Waals surface area (Å²) in [6, 6.07) is 8.30. The minimum absolute atomic E-state index is 0.0101. The Morgan fingerprint density at radius 1 is 1.06 bits per heavy atom. The van der Waals surface area contributed by atoms with Gasteiger partial charge in [-0.3, -0.25) is 9.69 Å². The van der Waals surface area contributed by atoms with Crippen molar-refractivity contribution in [3.05, 3.63) is 24.3 Å². The van der Waals surface area contributed by atoms with Gasteiger partial charge in [-0.2, -0.15) is 0 Å². The third-order valence-electron chi connectivity index (χ3n) is 9.36. The second-order valence-electron chi connectivity index (χ2n) is 11.0. The molecule has 5 fully saturated rings. The fraction of sp³-hybridized carbons (Fsp3) is 0.731. The predicted molar refractivity (Wildman–Crippen MR) is 122 cm³/mol. The number of benzene rings is 1. The van der Waals surface area contributed by atoms with E-state index in [1.165, 1.54) is 12.1 Å². The zero-order chi connectivity index (χ0) is 22.1. The number of rotatable bonds is 4. The van der Waals surface area contributed by atoms with E-state index in [0.29, 0.717) is 17.8 Å². The largest absolute Gasteiger partial charge is 0.497 e. The lowest BCUT2D eigenvalue weighted by Crippen LogP contribution is -2.58. The molecule has 6 heteroatoms. The Bertz CT molecular complexity index is 882. The van der Waals surface area contributed by atoms with Gasteiger partial charge in [-0.15, -0.1) is 0 Å². The fourth-order valence-electron chi connectivity index (χ4n) is 7.52. The van der Waals surface area contributed by atoms with E-state index in [-0.39, 0.29) is 29.2 Å². The molecule has 174 valence electrons. The van der Waals surface area contributed by atoms with Crippen LogP contribution in [-0.2, 0) is 14.3 Å². The summed E-state index contributed by atoms with van der Waals surface area (Å²) in [5.74, 6) is 2.29. The third kappa shape index (κ3) is 3.02. The van der Waals surface area contributed by atoms with Crippen molar-refractivity contribution < 1.29 is 19.0 Å². The number of fused-ring (bicyclic) bond motifs is 1. The van der Waals surface area contributed by atoms with E-state index in [4.69, 9.17) is 14.2 Å². The van der Waals surface area contributed by atoms with Crippen LogP contribution >= 0.6 is 0 Å². The van der Waals surface area contributed by atoms with Crippen LogP contribution in [0.15, 0.2) is 24.3 Å². The maximum Gasteiger partial charge on any atom is 0.311 e. The Kier molecular flexibility index (Phi) is 4.78. The molecule has 1 spiro atoms. The Labute approximate surface area is 191 Å². The maximum absolute atomic E-state index is 13.3. The van der Waals surface area contributed by atoms with Crippen molar-refractivity contribution >= 4 is 11.7 Å². The smallest absolute Gasteiger partial charge is 0.311 e. The fourth-order valence-corrected chi connectivity index (χ4v) is 7.52. The van der Waals surface area contributed by atoms with Gasteiger partial charge in [0.15, 0.2) is 0 Å². The first kappa shape index (κ1) is 20.8. The molecule has 32 heavy (non-hydrogen) atoms. The van der Waals surface area contributed by atoms with Crippen LogP contribution in [0.1, 0.15) is 39.5 Å². The lowest BCUT2D eigenvalue weighted by molar-refractivity contribution is -0.168. The van der Waals surface area contributed by atoms with Gasteiger partial charge in [0, 0.05) is 50.2 Å². The topological polar surface area (TPSA) is 54.5 Å². The summed E-state index contributed by atoms with van der Waals surface area (Å²) in [4.78, 5) is 18.2.